The molecule has 4 nitrogen and oxygen atoms in total. The zero-order chi connectivity index (χ0) is 20.9. The third kappa shape index (κ3) is 10.4. The second-order valence-electron chi connectivity index (χ2n) is 6.61. The number of nitrogens with one attached hydrogen (secondary N) is 1. The van der Waals surface area contributed by atoms with E-state index in [1.54, 1.807) is 0 Å². The van der Waals surface area contributed by atoms with Crippen molar-refractivity contribution in [1.29, 1.82) is 0 Å². The summed E-state index contributed by atoms with van der Waals surface area (Å²) in [6.07, 6.45) is 4.18. The summed E-state index contributed by atoms with van der Waals surface area (Å²) in [7, 11) is 3.75. The summed E-state index contributed by atoms with van der Waals surface area (Å²) < 4.78 is 27.3. The number of aryl methyl sites for hydroxylation is 1. The Hall–Kier alpha value is -1.56. The van der Waals surface area contributed by atoms with Crippen molar-refractivity contribution < 1.29 is 13.6 Å². The van der Waals surface area contributed by atoms with E-state index >= 15 is 0 Å². The molecule has 0 aliphatic heterocycles. The minimum atomic E-state index is -2.46. The molecule has 1 aromatic heterocycles. The highest BCUT2D eigenvalue weighted by molar-refractivity contribution is 5.65. The van der Waals surface area contributed by atoms with Gasteiger partial charge in [-0.25, -0.2) is 8.78 Å². The van der Waals surface area contributed by atoms with Gasteiger partial charge in [0.15, 0.2) is 0 Å². The van der Waals surface area contributed by atoms with Crippen molar-refractivity contribution in [2.45, 2.75) is 79.2 Å². The van der Waals surface area contributed by atoms with Gasteiger partial charge in [0.25, 0.3) is 0 Å². The number of hydrogen-bond donors (Lipinski definition) is 1. The number of carbonyl (C=O) groups excluding carboxylic acids is 1. The predicted octanol–water partition coefficient (Wildman–Crippen LogP) is 5.30. The number of aldehydes is 1. The van der Waals surface area contributed by atoms with Gasteiger partial charge in [0, 0.05) is 31.0 Å². The molecule has 0 unspecified atom stereocenters. The average Bonchev–Trinajstić information content (AvgIpc) is 2.90. The van der Waals surface area contributed by atoms with Crippen LogP contribution in [-0.4, -0.2) is 36.1 Å². The van der Waals surface area contributed by atoms with E-state index in [-0.39, 0.29) is 24.8 Å². The van der Waals surface area contributed by atoms with E-state index in [9.17, 15) is 13.6 Å². The highest BCUT2D eigenvalue weighted by Gasteiger charge is 2.47. The molecule has 1 aliphatic carbocycles. The monoisotopic (exact) mass is 373 g/mol. The van der Waals surface area contributed by atoms with Crippen LogP contribution in [0, 0.1) is 6.92 Å². The Morgan fingerprint density at radius 2 is 1.77 bits per heavy atom. The van der Waals surface area contributed by atoms with Crippen LogP contribution in [0.5, 0.6) is 0 Å². The Balaban J connectivity index is 0. The number of carbonyl (C=O) groups is 1. The molecule has 1 heterocycles. The summed E-state index contributed by atoms with van der Waals surface area (Å²) in [6, 6.07) is 0.290. The van der Waals surface area contributed by atoms with E-state index in [1.807, 2.05) is 73.4 Å². The van der Waals surface area contributed by atoms with Crippen molar-refractivity contribution in [3.63, 3.8) is 0 Å². The normalized spacial score (nSPS) is 14.5. The van der Waals surface area contributed by atoms with Gasteiger partial charge in [-0.2, -0.15) is 5.10 Å². The quantitative estimate of drug-likeness (QED) is 0.578. The minimum Gasteiger partial charge on any atom is -0.323 e. The lowest BCUT2D eigenvalue weighted by Gasteiger charge is -2.34. The molecule has 0 saturated heterocycles. The van der Waals surface area contributed by atoms with E-state index in [4.69, 9.17) is 0 Å². The van der Waals surface area contributed by atoms with Crippen LogP contribution in [0.25, 0.3) is 0 Å². The summed E-state index contributed by atoms with van der Waals surface area (Å²) in [6.45, 7) is 13.8. The van der Waals surface area contributed by atoms with Crippen LogP contribution in [0.15, 0.2) is 17.8 Å². The lowest BCUT2D eigenvalue weighted by atomic mass is 9.78. The van der Waals surface area contributed by atoms with Crippen LogP contribution in [0.3, 0.4) is 0 Å². The molecule has 2 rings (SSSR count). The van der Waals surface area contributed by atoms with Gasteiger partial charge in [-0.15, -0.1) is 0 Å². The topological polar surface area (TPSA) is 46.9 Å². The van der Waals surface area contributed by atoms with Crippen LogP contribution >= 0.6 is 0 Å². The van der Waals surface area contributed by atoms with E-state index in [0.717, 1.165) is 23.1 Å². The smallest absolute Gasteiger partial charge is 0.249 e. The second-order valence-corrected chi connectivity index (χ2v) is 6.61. The molecule has 0 aromatic carbocycles. The van der Waals surface area contributed by atoms with Gasteiger partial charge in [0.1, 0.15) is 6.29 Å². The first-order valence-electron chi connectivity index (χ1n) is 9.18. The standard InChI is InChI=1S/C11H16F2N2.C5H8O.C2H7N.C2H6/c1-7(2)15-6-8(3)10(14-15)9-4-11(12,13)5-9;1-5(2)3-4-6;1-3-2;1-2/h6-7,9H,4-5H2,1-3H3;3-4H,1-2H3;3H,1-2H3;1-2H3. The Bertz CT molecular complexity index is 525. The van der Waals surface area contributed by atoms with Crippen LogP contribution in [0.1, 0.15) is 77.6 Å². The van der Waals surface area contributed by atoms with Crippen LogP contribution in [0.4, 0.5) is 8.78 Å². The Kier molecular flexibility index (Phi) is 14.0. The van der Waals surface area contributed by atoms with Crippen molar-refractivity contribution >= 4 is 6.29 Å². The van der Waals surface area contributed by atoms with Crippen LogP contribution in [-0.2, 0) is 4.79 Å². The number of allylic oxidation sites excluding steroid dienone is 2. The summed E-state index contributed by atoms with van der Waals surface area (Å²) in [5.41, 5.74) is 2.93. The summed E-state index contributed by atoms with van der Waals surface area (Å²) in [5, 5.41) is 7.13. The van der Waals surface area contributed by atoms with Crippen molar-refractivity contribution in [2.24, 2.45) is 0 Å². The van der Waals surface area contributed by atoms with Gasteiger partial charge in [-0.1, -0.05) is 19.4 Å². The first-order chi connectivity index (χ1) is 12.1. The first-order valence-corrected chi connectivity index (χ1v) is 9.18. The Labute approximate surface area is 158 Å². The van der Waals surface area contributed by atoms with Gasteiger partial charge in [-0.3, -0.25) is 9.48 Å². The molecular weight excluding hydrogens is 336 g/mol. The van der Waals surface area contributed by atoms with E-state index in [0.29, 0.717) is 0 Å². The Morgan fingerprint density at radius 3 is 2.00 bits per heavy atom. The molecule has 0 bridgehead atoms. The van der Waals surface area contributed by atoms with Gasteiger partial charge >= 0.3 is 0 Å². The molecule has 1 aromatic rings. The molecule has 6 heteroatoms. The van der Waals surface area contributed by atoms with Crippen molar-refractivity contribution in [2.75, 3.05) is 14.1 Å². The maximum atomic E-state index is 12.7. The average molecular weight is 374 g/mol. The molecular formula is C20H37F2N3O. The number of halogens is 2. The van der Waals surface area contributed by atoms with Gasteiger partial charge in [0.05, 0.1) is 5.69 Å². The first kappa shape index (κ1) is 26.7. The number of hydrogen-bond acceptors (Lipinski definition) is 3. The lowest BCUT2D eigenvalue weighted by Crippen LogP contribution is -2.34. The fourth-order valence-electron chi connectivity index (χ4n) is 2.16. The van der Waals surface area contributed by atoms with Gasteiger partial charge in [0.2, 0.25) is 5.92 Å². The SMILES string of the molecule is CC.CC(C)=CC=O.CNC.Cc1cn(C(C)C)nc1C1CC(F)(F)C1. The van der Waals surface area contributed by atoms with Crippen LogP contribution in [0.2, 0.25) is 0 Å². The van der Waals surface area contributed by atoms with Gasteiger partial charge < -0.3 is 5.32 Å². The van der Waals surface area contributed by atoms with E-state index < -0.39 is 5.92 Å². The number of alkyl halides is 2. The fourth-order valence-corrected chi connectivity index (χ4v) is 2.16. The Morgan fingerprint density at radius 1 is 1.31 bits per heavy atom. The molecule has 152 valence electrons. The highest BCUT2D eigenvalue weighted by atomic mass is 19.3. The highest BCUT2D eigenvalue weighted by Crippen LogP contribution is 2.48. The van der Waals surface area contributed by atoms with Crippen molar-refractivity contribution in [1.82, 2.24) is 15.1 Å². The summed E-state index contributed by atoms with van der Waals surface area (Å²) in [5.74, 6) is -2.50. The molecule has 0 radical (unpaired) electrons. The van der Waals surface area contributed by atoms with Crippen molar-refractivity contribution in [3.05, 3.63) is 29.1 Å². The second kappa shape index (κ2) is 13.6. The minimum absolute atomic E-state index is 0.0387. The zero-order valence-electron chi connectivity index (χ0n) is 17.9. The largest absolute Gasteiger partial charge is 0.323 e. The summed E-state index contributed by atoms with van der Waals surface area (Å²) in [4.78, 5) is 9.54. The maximum absolute atomic E-state index is 12.7. The lowest BCUT2D eigenvalue weighted by molar-refractivity contribution is -0.104. The fraction of sp³-hybridized carbons (Fsp3) is 0.700. The molecule has 1 saturated carbocycles. The van der Waals surface area contributed by atoms with Crippen molar-refractivity contribution in [3.8, 4) is 0 Å². The van der Waals surface area contributed by atoms with Crippen LogP contribution < -0.4 is 5.32 Å². The third-order valence-corrected chi connectivity index (χ3v) is 3.36. The predicted molar refractivity (Wildman–Crippen MR) is 106 cm³/mol. The number of aromatic nitrogens is 2. The maximum Gasteiger partial charge on any atom is 0.249 e. The van der Waals surface area contributed by atoms with E-state index in [1.165, 1.54) is 6.08 Å². The molecule has 0 amide bonds. The van der Waals surface area contributed by atoms with Gasteiger partial charge in [-0.05, 0) is 60.4 Å². The molecule has 1 fully saturated rings. The molecule has 0 atom stereocenters. The molecule has 1 N–H and O–H groups in total. The number of nitrogens with zero attached hydrogens (tertiary/aromatic N) is 2. The summed E-state index contributed by atoms with van der Waals surface area (Å²) >= 11 is 0. The third-order valence-electron chi connectivity index (χ3n) is 3.36. The molecule has 1 aliphatic rings. The zero-order valence-corrected chi connectivity index (χ0v) is 17.9. The molecule has 0 spiro atoms. The van der Waals surface area contributed by atoms with E-state index in [2.05, 4.69) is 10.4 Å². The number of rotatable bonds is 3. The molecule has 26 heavy (non-hydrogen) atoms.